The molecule has 1 aromatic heterocycles. The smallest absolute Gasteiger partial charge is 0.246 e. The lowest BCUT2D eigenvalue weighted by molar-refractivity contribution is -0.127. The third-order valence-electron chi connectivity index (χ3n) is 4.11. The Morgan fingerprint density at radius 1 is 1.12 bits per heavy atom. The Kier molecular flexibility index (Phi) is 5.80. The summed E-state index contributed by atoms with van der Waals surface area (Å²) in [6.45, 7) is 2.60. The lowest BCUT2D eigenvalue weighted by Gasteiger charge is -2.33. The molecule has 0 aliphatic carbocycles. The van der Waals surface area contributed by atoms with Gasteiger partial charge in [0, 0.05) is 37.9 Å². The van der Waals surface area contributed by atoms with Gasteiger partial charge >= 0.3 is 0 Å². The number of furan rings is 1. The molecule has 6 nitrogen and oxygen atoms in total. The first-order valence-corrected chi connectivity index (χ1v) is 8.38. The van der Waals surface area contributed by atoms with Crippen LogP contribution in [0.3, 0.4) is 0 Å². The van der Waals surface area contributed by atoms with Gasteiger partial charge in [0.05, 0.1) is 12.8 Å². The molecule has 1 fully saturated rings. The summed E-state index contributed by atoms with van der Waals surface area (Å²) >= 11 is 0. The second-order valence-electron chi connectivity index (χ2n) is 6.01. The van der Waals surface area contributed by atoms with Gasteiger partial charge in [-0.25, -0.2) is 4.39 Å². The predicted molar refractivity (Wildman–Crippen MR) is 95.8 cm³/mol. The Morgan fingerprint density at radius 3 is 2.50 bits per heavy atom. The lowest BCUT2D eigenvalue weighted by atomic mass is 10.2. The van der Waals surface area contributed by atoms with Crippen molar-refractivity contribution in [3.8, 4) is 0 Å². The molecule has 2 amide bonds. The van der Waals surface area contributed by atoms with Gasteiger partial charge in [-0.05, 0) is 42.5 Å². The van der Waals surface area contributed by atoms with Crippen LogP contribution in [0.4, 0.5) is 10.1 Å². The molecule has 0 radical (unpaired) electrons. The number of nitrogens with one attached hydrogen (secondary N) is 1. The van der Waals surface area contributed by atoms with Crippen LogP contribution in [0.5, 0.6) is 0 Å². The molecule has 3 rings (SSSR count). The Bertz CT molecular complexity index is 764. The highest BCUT2D eigenvalue weighted by atomic mass is 19.1. The highest BCUT2D eigenvalue weighted by Gasteiger charge is 2.21. The fourth-order valence-corrected chi connectivity index (χ4v) is 2.71. The SMILES string of the molecule is O=C(CN1CCN(C(=O)/C=C/c2ccco2)CC1)Nc1ccc(F)cc1. The number of piperazine rings is 1. The Balaban J connectivity index is 1.42. The van der Waals surface area contributed by atoms with Crippen molar-refractivity contribution in [3.05, 3.63) is 60.3 Å². The number of halogens is 1. The second kappa shape index (κ2) is 8.44. The minimum absolute atomic E-state index is 0.0724. The molecule has 26 heavy (non-hydrogen) atoms. The van der Waals surface area contributed by atoms with E-state index < -0.39 is 0 Å². The molecule has 0 bridgehead atoms. The third-order valence-corrected chi connectivity index (χ3v) is 4.11. The number of anilines is 1. The van der Waals surface area contributed by atoms with Crippen molar-refractivity contribution in [2.75, 3.05) is 38.0 Å². The van der Waals surface area contributed by atoms with Crippen LogP contribution in [0.15, 0.2) is 53.2 Å². The first-order valence-electron chi connectivity index (χ1n) is 8.38. The molecule has 0 unspecified atom stereocenters. The van der Waals surface area contributed by atoms with Gasteiger partial charge in [-0.15, -0.1) is 0 Å². The number of nitrogens with zero attached hydrogens (tertiary/aromatic N) is 2. The Hall–Kier alpha value is -2.93. The number of carbonyl (C=O) groups excluding carboxylic acids is 2. The summed E-state index contributed by atoms with van der Waals surface area (Å²) in [4.78, 5) is 28.0. The van der Waals surface area contributed by atoms with Gasteiger partial charge in [0.25, 0.3) is 0 Å². The van der Waals surface area contributed by atoms with Gasteiger partial charge < -0.3 is 14.6 Å². The van der Waals surface area contributed by atoms with Crippen molar-refractivity contribution in [1.82, 2.24) is 9.80 Å². The van der Waals surface area contributed by atoms with E-state index >= 15 is 0 Å². The first kappa shape index (κ1) is 17.9. The molecule has 1 aromatic carbocycles. The van der Waals surface area contributed by atoms with E-state index in [1.165, 1.54) is 30.3 Å². The maximum atomic E-state index is 12.9. The summed E-state index contributed by atoms with van der Waals surface area (Å²) in [5.74, 6) is 0.0604. The summed E-state index contributed by atoms with van der Waals surface area (Å²) in [6, 6.07) is 9.19. The van der Waals surface area contributed by atoms with Crippen LogP contribution in [0, 0.1) is 5.82 Å². The Labute approximate surface area is 150 Å². The molecule has 0 atom stereocenters. The van der Waals surface area contributed by atoms with Crippen LogP contribution in [-0.4, -0.2) is 54.3 Å². The molecule has 0 spiro atoms. The standard InChI is InChI=1S/C19H20FN3O3/c20-15-3-5-16(6-4-15)21-18(24)14-22-9-11-23(12-10-22)19(25)8-7-17-2-1-13-26-17/h1-8,13H,9-12,14H2,(H,21,24)/b8-7+. The van der Waals surface area contributed by atoms with Gasteiger partial charge in [-0.2, -0.15) is 0 Å². The van der Waals surface area contributed by atoms with Crippen molar-refractivity contribution in [1.29, 1.82) is 0 Å². The molecule has 136 valence electrons. The van der Waals surface area contributed by atoms with Crippen molar-refractivity contribution >= 4 is 23.6 Å². The molecule has 1 aliphatic heterocycles. The van der Waals surface area contributed by atoms with E-state index in [-0.39, 0.29) is 24.2 Å². The fourth-order valence-electron chi connectivity index (χ4n) is 2.71. The first-order chi connectivity index (χ1) is 12.6. The molecule has 0 saturated carbocycles. The van der Waals surface area contributed by atoms with E-state index in [1.54, 1.807) is 29.4 Å². The minimum Gasteiger partial charge on any atom is -0.465 e. The number of hydrogen-bond acceptors (Lipinski definition) is 4. The summed E-state index contributed by atoms with van der Waals surface area (Å²) in [7, 11) is 0. The summed E-state index contributed by atoms with van der Waals surface area (Å²) < 4.78 is 18.0. The van der Waals surface area contributed by atoms with Gasteiger partial charge in [0.1, 0.15) is 11.6 Å². The van der Waals surface area contributed by atoms with E-state index in [2.05, 4.69) is 5.32 Å². The summed E-state index contributed by atoms with van der Waals surface area (Å²) in [5.41, 5.74) is 0.563. The third kappa shape index (κ3) is 5.03. The largest absolute Gasteiger partial charge is 0.465 e. The van der Waals surface area contributed by atoms with Crippen LogP contribution >= 0.6 is 0 Å². The van der Waals surface area contributed by atoms with Gasteiger partial charge in [0.2, 0.25) is 11.8 Å². The second-order valence-corrected chi connectivity index (χ2v) is 6.01. The maximum Gasteiger partial charge on any atom is 0.246 e. The van der Waals surface area contributed by atoms with Crippen LogP contribution in [0.1, 0.15) is 5.76 Å². The fraction of sp³-hybridized carbons (Fsp3) is 0.263. The molecule has 1 aliphatic rings. The zero-order valence-corrected chi connectivity index (χ0v) is 14.2. The summed E-state index contributed by atoms with van der Waals surface area (Å²) in [5, 5.41) is 2.74. The molecule has 1 saturated heterocycles. The quantitative estimate of drug-likeness (QED) is 0.834. The molecule has 2 heterocycles. The Morgan fingerprint density at radius 2 is 1.85 bits per heavy atom. The zero-order chi connectivity index (χ0) is 18.4. The monoisotopic (exact) mass is 357 g/mol. The van der Waals surface area contributed by atoms with Gasteiger partial charge in [0.15, 0.2) is 0 Å². The number of rotatable bonds is 5. The number of amides is 2. The zero-order valence-electron chi connectivity index (χ0n) is 14.2. The average Bonchev–Trinajstić information content (AvgIpc) is 3.16. The normalized spacial score (nSPS) is 15.3. The molecule has 2 aromatic rings. The number of benzene rings is 1. The van der Waals surface area contributed by atoms with Crippen molar-refractivity contribution in [2.24, 2.45) is 0 Å². The molecular weight excluding hydrogens is 337 g/mol. The van der Waals surface area contributed by atoms with Crippen LogP contribution in [0.2, 0.25) is 0 Å². The van der Waals surface area contributed by atoms with E-state index in [0.29, 0.717) is 37.6 Å². The molecular formula is C19H20FN3O3. The van der Waals surface area contributed by atoms with E-state index in [1.807, 2.05) is 4.90 Å². The highest BCUT2D eigenvalue weighted by molar-refractivity contribution is 5.92. The van der Waals surface area contributed by atoms with Crippen LogP contribution in [-0.2, 0) is 9.59 Å². The van der Waals surface area contributed by atoms with Crippen LogP contribution < -0.4 is 5.32 Å². The average molecular weight is 357 g/mol. The van der Waals surface area contributed by atoms with Crippen molar-refractivity contribution in [2.45, 2.75) is 0 Å². The summed E-state index contributed by atoms with van der Waals surface area (Å²) in [6.07, 6.45) is 4.69. The number of hydrogen-bond donors (Lipinski definition) is 1. The maximum absolute atomic E-state index is 12.9. The number of carbonyl (C=O) groups is 2. The van der Waals surface area contributed by atoms with E-state index in [4.69, 9.17) is 4.42 Å². The van der Waals surface area contributed by atoms with Crippen molar-refractivity contribution < 1.29 is 18.4 Å². The van der Waals surface area contributed by atoms with E-state index in [0.717, 1.165) is 0 Å². The highest BCUT2D eigenvalue weighted by Crippen LogP contribution is 2.09. The topological polar surface area (TPSA) is 65.8 Å². The van der Waals surface area contributed by atoms with Gasteiger partial charge in [-0.1, -0.05) is 0 Å². The minimum atomic E-state index is -0.343. The molecule has 7 heteroatoms. The molecule has 1 N–H and O–H groups in total. The van der Waals surface area contributed by atoms with Crippen LogP contribution in [0.25, 0.3) is 6.08 Å². The van der Waals surface area contributed by atoms with E-state index in [9.17, 15) is 14.0 Å². The van der Waals surface area contributed by atoms with Gasteiger partial charge in [-0.3, -0.25) is 14.5 Å². The predicted octanol–water partition coefficient (Wildman–Crippen LogP) is 2.21. The van der Waals surface area contributed by atoms with Crippen molar-refractivity contribution in [3.63, 3.8) is 0 Å². The lowest BCUT2D eigenvalue weighted by Crippen LogP contribution is -2.50.